The summed E-state index contributed by atoms with van der Waals surface area (Å²) < 4.78 is 0. The standard InChI is InChI=1S/C22H15N3O2S/c26-21-20(28-22(27)25-21)10-14-5-3-7-19-17(14)12-16(24-19)11-15-9-8-13-4-1-2-6-18(13)23-15/h1-10,12,26H,11H2,(H,25,27). The maximum atomic E-state index is 11.4. The lowest BCUT2D eigenvalue weighted by atomic mass is 10.1. The van der Waals surface area contributed by atoms with E-state index in [1.807, 2.05) is 54.6 Å². The molecule has 0 aliphatic carbocycles. The van der Waals surface area contributed by atoms with E-state index in [9.17, 15) is 9.90 Å². The molecule has 1 aliphatic heterocycles. The van der Waals surface area contributed by atoms with E-state index < -0.39 is 0 Å². The van der Waals surface area contributed by atoms with Gasteiger partial charge in [0.05, 0.1) is 16.1 Å². The normalized spacial score (nSPS) is 13.4. The van der Waals surface area contributed by atoms with Gasteiger partial charge in [0.25, 0.3) is 0 Å². The zero-order chi connectivity index (χ0) is 19.1. The molecule has 28 heavy (non-hydrogen) atoms. The molecule has 3 heterocycles. The summed E-state index contributed by atoms with van der Waals surface area (Å²) in [5.41, 5.74) is 3.76. The van der Waals surface area contributed by atoms with E-state index >= 15 is 0 Å². The summed E-state index contributed by atoms with van der Waals surface area (Å²) in [6.45, 7) is 0. The molecular weight excluding hydrogens is 370 g/mol. The quantitative estimate of drug-likeness (QED) is 0.569. The van der Waals surface area contributed by atoms with E-state index in [4.69, 9.17) is 9.98 Å². The van der Waals surface area contributed by atoms with Crippen LogP contribution in [0.15, 0.2) is 64.4 Å². The molecule has 2 aromatic carbocycles. The minimum Gasteiger partial charge on any atom is -0.493 e. The molecule has 0 unspecified atom stereocenters. The highest BCUT2D eigenvalue weighted by Crippen LogP contribution is 2.17. The van der Waals surface area contributed by atoms with Gasteiger partial charge in [-0.2, -0.15) is 0 Å². The maximum absolute atomic E-state index is 11.4. The Morgan fingerprint density at radius 1 is 1.07 bits per heavy atom. The van der Waals surface area contributed by atoms with Crippen molar-refractivity contribution in [3.8, 4) is 5.88 Å². The van der Waals surface area contributed by atoms with Crippen LogP contribution in [0, 0.1) is 0 Å². The molecule has 0 amide bonds. The van der Waals surface area contributed by atoms with Crippen molar-refractivity contribution in [1.29, 1.82) is 0 Å². The molecule has 0 fully saturated rings. The lowest BCUT2D eigenvalue weighted by Gasteiger charge is -2.02. The van der Waals surface area contributed by atoms with Crippen LogP contribution in [0.1, 0.15) is 10.6 Å². The van der Waals surface area contributed by atoms with Crippen LogP contribution in [0.3, 0.4) is 0 Å². The number of aromatic hydroxyl groups is 1. The molecule has 0 saturated carbocycles. The fourth-order valence-electron chi connectivity index (χ4n) is 3.36. The lowest BCUT2D eigenvalue weighted by Crippen LogP contribution is -2.23. The molecule has 0 bridgehead atoms. The average Bonchev–Trinajstić information content (AvgIpc) is 3.24. The van der Waals surface area contributed by atoms with Crippen molar-refractivity contribution in [2.45, 2.75) is 6.42 Å². The molecule has 2 N–H and O–H groups in total. The number of H-pyrrole nitrogens is 1. The van der Waals surface area contributed by atoms with Gasteiger partial charge in [-0.1, -0.05) is 47.7 Å². The Bertz CT molecular complexity index is 1430. The molecular formula is C22H15N3O2S. The largest absolute Gasteiger partial charge is 0.493 e. The van der Waals surface area contributed by atoms with Gasteiger partial charge in [0.2, 0.25) is 5.88 Å². The Balaban J connectivity index is 1.53. The van der Waals surface area contributed by atoms with Crippen molar-refractivity contribution >= 4 is 45.8 Å². The minimum absolute atomic E-state index is 0.105. The Hall–Kier alpha value is -3.51. The van der Waals surface area contributed by atoms with E-state index in [1.54, 1.807) is 6.08 Å². The smallest absolute Gasteiger partial charge is 0.307 e. The number of fused-ring (bicyclic) bond motifs is 2. The lowest BCUT2D eigenvalue weighted by molar-refractivity contribution is 0.455. The number of pyridine rings is 1. The third-order valence-corrected chi connectivity index (χ3v) is 5.47. The van der Waals surface area contributed by atoms with Crippen molar-refractivity contribution in [3.05, 3.63) is 85.3 Å². The Morgan fingerprint density at radius 2 is 1.96 bits per heavy atom. The summed E-state index contributed by atoms with van der Waals surface area (Å²) in [6.07, 6.45) is 4.49. The van der Waals surface area contributed by atoms with Crippen LogP contribution in [0.25, 0.3) is 23.1 Å². The molecule has 0 radical (unpaired) electrons. The number of benzene rings is 2. The van der Waals surface area contributed by atoms with E-state index in [0.29, 0.717) is 11.3 Å². The Kier molecular flexibility index (Phi) is 3.91. The van der Waals surface area contributed by atoms with Gasteiger partial charge in [-0.05, 0) is 35.6 Å². The third-order valence-electron chi connectivity index (χ3n) is 4.65. The topological polar surface area (TPSA) is 78.3 Å². The number of aliphatic imine (C=N–C) groups is 1. The van der Waals surface area contributed by atoms with Crippen molar-refractivity contribution < 1.29 is 5.11 Å². The molecule has 0 atom stereocenters. The fraction of sp³-hybridized carbons (Fsp3) is 0.0455. The number of aromatic nitrogens is 2. The predicted molar refractivity (Wildman–Crippen MR) is 113 cm³/mol. The van der Waals surface area contributed by atoms with Crippen LogP contribution < -0.4 is 15.3 Å². The number of para-hydroxylation sites is 1. The van der Waals surface area contributed by atoms with E-state index in [1.165, 1.54) is 0 Å². The van der Waals surface area contributed by atoms with Gasteiger partial charge in [-0.15, -0.1) is 0 Å². The van der Waals surface area contributed by atoms with Crippen LogP contribution in [0.5, 0.6) is 5.88 Å². The number of hydrogen-bond acceptors (Lipinski definition) is 5. The Labute approximate surface area is 163 Å². The molecule has 136 valence electrons. The maximum Gasteiger partial charge on any atom is 0.307 e. The van der Waals surface area contributed by atoms with E-state index in [0.717, 1.165) is 49.8 Å². The second-order valence-electron chi connectivity index (χ2n) is 6.57. The molecule has 4 aromatic rings. The number of rotatable bonds is 3. The van der Waals surface area contributed by atoms with Gasteiger partial charge in [-0.25, -0.2) is 0 Å². The molecule has 1 aliphatic rings. The van der Waals surface area contributed by atoms with Gasteiger partial charge < -0.3 is 5.11 Å². The highest BCUT2D eigenvalue weighted by Gasteiger charge is 2.10. The first-order valence-electron chi connectivity index (χ1n) is 8.82. The second kappa shape index (κ2) is 6.58. The number of nitrogens with zero attached hydrogens (tertiary/aromatic N) is 2. The van der Waals surface area contributed by atoms with Crippen LogP contribution in [0.4, 0.5) is 5.69 Å². The fourth-order valence-corrected chi connectivity index (χ4v) is 4.04. The first-order valence-corrected chi connectivity index (χ1v) is 9.64. The summed E-state index contributed by atoms with van der Waals surface area (Å²) in [5, 5.41) is 12.9. The summed E-state index contributed by atoms with van der Waals surface area (Å²) in [5.74, 6) is -0.105. The highest BCUT2D eigenvalue weighted by molar-refractivity contribution is 7.10. The zero-order valence-corrected chi connectivity index (χ0v) is 15.5. The van der Waals surface area contributed by atoms with Gasteiger partial charge in [0.1, 0.15) is 0 Å². The summed E-state index contributed by atoms with van der Waals surface area (Å²) in [7, 11) is 0. The highest BCUT2D eigenvalue weighted by atomic mass is 32.1. The summed E-state index contributed by atoms with van der Waals surface area (Å²) in [4.78, 5) is 23.5. The molecule has 5 rings (SSSR count). The average molecular weight is 385 g/mol. The number of thiazole rings is 1. The van der Waals surface area contributed by atoms with Crippen molar-refractivity contribution in [1.82, 2.24) is 9.97 Å². The van der Waals surface area contributed by atoms with Crippen molar-refractivity contribution in [2.24, 2.45) is 4.99 Å². The zero-order valence-electron chi connectivity index (χ0n) is 14.7. The second-order valence-corrected chi connectivity index (χ2v) is 7.59. The monoisotopic (exact) mass is 385 g/mol. The SMILES string of the molecule is O=c1[nH]c(O)c(C=c2cccc3c2=CC(Cc2ccc4ccccc4n2)=N3)s1. The molecule has 5 nitrogen and oxygen atoms in total. The summed E-state index contributed by atoms with van der Waals surface area (Å²) in [6, 6.07) is 18.0. The van der Waals surface area contributed by atoms with Gasteiger partial charge in [-0.3, -0.25) is 19.8 Å². The molecule has 0 saturated heterocycles. The molecule has 6 heteroatoms. The predicted octanol–water partition coefficient (Wildman–Crippen LogP) is 2.63. The first kappa shape index (κ1) is 16.6. The molecule has 0 spiro atoms. The van der Waals surface area contributed by atoms with Crippen LogP contribution in [0.2, 0.25) is 0 Å². The van der Waals surface area contributed by atoms with E-state index in [2.05, 4.69) is 11.1 Å². The summed E-state index contributed by atoms with van der Waals surface area (Å²) >= 11 is 0.981. The minimum atomic E-state index is -0.278. The van der Waals surface area contributed by atoms with Crippen molar-refractivity contribution in [2.75, 3.05) is 0 Å². The Morgan fingerprint density at radius 3 is 2.82 bits per heavy atom. The van der Waals surface area contributed by atoms with Crippen LogP contribution >= 0.6 is 11.3 Å². The number of nitrogens with one attached hydrogen (secondary N) is 1. The van der Waals surface area contributed by atoms with Crippen LogP contribution in [-0.2, 0) is 6.42 Å². The van der Waals surface area contributed by atoms with Gasteiger partial charge in [0.15, 0.2) is 0 Å². The van der Waals surface area contributed by atoms with Gasteiger partial charge >= 0.3 is 4.87 Å². The number of aromatic amines is 1. The van der Waals surface area contributed by atoms with Gasteiger partial charge in [0, 0.05) is 28.4 Å². The number of hydrogen-bond donors (Lipinski definition) is 2. The van der Waals surface area contributed by atoms with Crippen LogP contribution in [-0.4, -0.2) is 20.8 Å². The molecule has 2 aromatic heterocycles. The van der Waals surface area contributed by atoms with E-state index in [-0.39, 0.29) is 10.8 Å². The van der Waals surface area contributed by atoms with Crippen molar-refractivity contribution in [3.63, 3.8) is 0 Å². The first-order chi connectivity index (χ1) is 13.7. The third kappa shape index (κ3) is 3.04.